The van der Waals surface area contributed by atoms with Crippen LogP contribution in [0.25, 0.3) is 0 Å². The number of thiocarbonyl (C=S) groups is 1. The third kappa shape index (κ3) is 5.90. The molecule has 210 valence electrons. The molecule has 5 rings (SSSR count). The summed E-state index contributed by atoms with van der Waals surface area (Å²) < 4.78 is 11.2. The summed E-state index contributed by atoms with van der Waals surface area (Å²) in [6.45, 7) is 2.37. The van der Waals surface area contributed by atoms with Crippen molar-refractivity contribution in [3.63, 3.8) is 0 Å². The van der Waals surface area contributed by atoms with Gasteiger partial charge in [-0.1, -0.05) is 48.5 Å². The molecule has 9 heteroatoms. The van der Waals surface area contributed by atoms with Crippen LogP contribution in [-0.2, 0) is 18.5 Å². The van der Waals surface area contributed by atoms with Crippen LogP contribution in [0.2, 0.25) is 0 Å². The van der Waals surface area contributed by atoms with Gasteiger partial charge in [-0.3, -0.25) is 15.0 Å². The Morgan fingerprint density at radius 1 is 1.02 bits per heavy atom. The number of nitrogens with one attached hydrogen (secondary N) is 2. The Morgan fingerprint density at radius 3 is 2.48 bits per heavy atom. The zero-order valence-corrected chi connectivity index (χ0v) is 23.8. The number of likely N-dealkylation sites (tertiary alicyclic amines) is 1. The van der Waals surface area contributed by atoms with Gasteiger partial charge in [-0.2, -0.15) is 0 Å². The minimum atomic E-state index is -0.353. The molecule has 3 aromatic rings. The zero-order chi connectivity index (χ0) is 28.1. The Morgan fingerprint density at radius 2 is 1.77 bits per heavy atom. The number of rotatable bonds is 9. The van der Waals surface area contributed by atoms with Crippen molar-refractivity contribution in [2.24, 2.45) is 0 Å². The molecule has 0 spiro atoms. The lowest BCUT2D eigenvalue weighted by Gasteiger charge is -2.46. The van der Waals surface area contributed by atoms with Crippen molar-refractivity contribution in [3.05, 3.63) is 99.6 Å². The van der Waals surface area contributed by atoms with Crippen molar-refractivity contribution >= 4 is 23.0 Å². The largest absolute Gasteiger partial charge is 0.493 e. The van der Waals surface area contributed by atoms with Crippen LogP contribution in [0, 0.1) is 10.1 Å². The van der Waals surface area contributed by atoms with Gasteiger partial charge in [0.2, 0.25) is 0 Å². The molecule has 0 bridgehead atoms. The molecule has 2 N–H and O–H groups in total. The predicted octanol–water partition coefficient (Wildman–Crippen LogP) is 5.34. The van der Waals surface area contributed by atoms with Crippen LogP contribution in [0.5, 0.6) is 11.5 Å². The molecular formula is C31H36N4O4S. The lowest BCUT2D eigenvalue weighted by Crippen LogP contribution is -2.53. The number of hydrogen-bond donors (Lipinski definition) is 2. The van der Waals surface area contributed by atoms with Crippen molar-refractivity contribution in [3.8, 4) is 11.5 Å². The SMILES string of the molecule is COc1ccc([C@@]23CC[C@H](NC(=S)NCc4ccccc4)C[C@H]2N(Cc2ccc([N+](=O)[O-])cc2)CC3)cc1OC. The molecule has 1 saturated heterocycles. The van der Waals surface area contributed by atoms with E-state index in [4.69, 9.17) is 21.7 Å². The highest BCUT2D eigenvalue weighted by Gasteiger charge is 2.51. The quantitative estimate of drug-likeness (QED) is 0.206. The number of ether oxygens (including phenoxy) is 2. The predicted molar refractivity (Wildman–Crippen MR) is 160 cm³/mol. The molecule has 1 aliphatic carbocycles. The Kier molecular flexibility index (Phi) is 8.52. The molecule has 1 heterocycles. The molecule has 2 aliphatic rings. The molecule has 1 saturated carbocycles. The summed E-state index contributed by atoms with van der Waals surface area (Å²) in [7, 11) is 3.34. The van der Waals surface area contributed by atoms with Gasteiger partial charge in [0.1, 0.15) is 0 Å². The van der Waals surface area contributed by atoms with Crippen LogP contribution in [-0.4, -0.2) is 47.8 Å². The molecule has 0 amide bonds. The highest BCUT2D eigenvalue weighted by molar-refractivity contribution is 7.80. The fraction of sp³-hybridized carbons (Fsp3) is 0.387. The third-order valence-corrected chi connectivity index (χ3v) is 8.76. The molecule has 0 unspecified atom stereocenters. The van der Waals surface area contributed by atoms with Crippen LogP contribution in [0.1, 0.15) is 42.4 Å². The molecule has 1 aliphatic heterocycles. The lowest BCUT2D eigenvalue weighted by molar-refractivity contribution is -0.384. The number of hydrogen-bond acceptors (Lipinski definition) is 6. The fourth-order valence-corrected chi connectivity index (χ4v) is 6.66. The minimum absolute atomic E-state index is 0.0302. The van der Waals surface area contributed by atoms with E-state index in [1.165, 1.54) is 11.1 Å². The molecule has 40 heavy (non-hydrogen) atoms. The first-order valence-electron chi connectivity index (χ1n) is 13.7. The van der Waals surface area contributed by atoms with Gasteiger partial charge in [-0.25, -0.2) is 0 Å². The van der Waals surface area contributed by atoms with Gasteiger partial charge < -0.3 is 20.1 Å². The lowest BCUT2D eigenvalue weighted by atomic mass is 9.65. The van der Waals surface area contributed by atoms with Gasteiger partial charge in [-0.05, 0) is 73.3 Å². The fourth-order valence-electron chi connectivity index (χ4n) is 6.42. The summed E-state index contributed by atoms with van der Waals surface area (Å²) in [6, 6.07) is 24.0. The topological polar surface area (TPSA) is 88.9 Å². The van der Waals surface area contributed by atoms with Gasteiger partial charge in [0, 0.05) is 42.7 Å². The van der Waals surface area contributed by atoms with E-state index in [9.17, 15) is 10.1 Å². The van der Waals surface area contributed by atoms with E-state index in [1.807, 2.05) is 36.4 Å². The second-order valence-electron chi connectivity index (χ2n) is 10.7. The number of benzene rings is 3. The smallest absolute Gasteiger partial charge is 0.269 e. The minimum Gasteiger partial charge on any atom is -0.493 e. The van der Waals surface area contributed by atoms with E-state index in [-0.39, 0.29) is 28.1 Å². The number of fused-ring (bicyclic) bond motifs is 1. The summed E-state index contributed by atoms with van der Waals surface area (Å²) in [5, 5.41) is 18.8. The number of nitro groups is 1. The van der Waals surface area contributed by atoms with Gasteiger partial charge in [0.05, 0.1) is 19.1 Å². The summed E-state index contributed by atoms with van der Waals surface area (Å²) in [5.74, 6) is 1.47. The first-order chi connectivity index (χ1) is 19.4. The molecule has 8 nitrogen and oxygen atoms in total. The molecule has 3 atom stereocenters. The molecule has 0 aromatic heterocycles. The molecule has 0 radical (unpaired) electrons. The van der Waals surface area contributed by atoms with E-state index in [2.05, 4.69) is 39.8 Å². The maximum Gasteiger partial charge on any atom is 0.269 e. The highest BCUT2D eigenvalue weighted by atomic mass is 32.1. The number of nitrogens with zero attached hydrogens (tertiary/aromatic N) is 2. The second kappa shape index (κ2) is 12.2. The van der Waals surface area contributed by atoms with E-state index in [1.54, 1.807) is 26.4 Å². The van der Waals surface area contributed by atoms with Crippen LogP contribution in [0.3, 0.4) is 0 Å². The maximum absolute atomic E-state index is 11.1. The summed E-state index contributed by atoms with van der Waals surface area (Å²) >= 11 is 5.68. The van der Waals surface area contributed by atoms with Crippen molar-refractivity contribution in [2.75, 3.05) is 20.8 Å². The van der Waals surface area contributed by atoms with Crippen LogP contribution < -0.4 is 20.1 Å². The standard InChI is InChI=1S/C31H36N4O4S/c1-38-27-13-10-24(18-28(27)39-2)31-15-14-25(33-30(40)32-20-22-6-4-3-5-7-22)19-29(31)34(17-16-31)21-23-8-11-26(12-9-23)35(36)37/h3-13,18,25,29H,14-17,19-21H2,1-2H3,(H2,32,33,40)/t25-,29+,31-/m0/s1. The Labute approximate surface area is 240 Å². The maximum atomic E-state index is 11.1. The van der Waals surface area contributed by atoms with E-state index in [0.717, 1.165) is 55.8 Å². The van der Waals surface area contributed by atoms with Crippen molar-refractivity contribution < 1.29 is 14.4 Å². The third-order valence-electron chi connectivity index (χ3n) is 8.49. The normalized spacial score (nSPS) is 22.2. The van der Waals surface area contributed by atoms with Crippen molar-refractivity contribution in [1.82, 2.24) is 15.5 Å². The van der Waals surface area contributed by atoms with E-state index in [0.29, 0.717) is 11.7 Å². The first-order valence-corrected chi connectivity index (χ1v) is 14.1. The second-order valence-corrected chi connectivity index (χ2v) is 11.1. The molecule has 2 fully saturated rings. The zero-order valence-electron chi connectivity index (χ0n) is 23.0. The molecular weight excluding hydrogens is 524 g/mol. The Bertz CT molecular complexity index is 1340. The summed E-state index contributed by atoms with van der Waals surface area (Å²) in [5.41, 5.74) is 3.61. The average Bonchev–Trinajstić information content (AvgIpc) is 3.35. The van der Waals surface area contributed by atoms with Crippen LogP contribution in [0.4, 0.5) is 5.69 Å². The van der Waals surface area contributed by atoms with E-state index >= 15 is 0 Å². The van der Waals surface area contributed by atoms with Gasteiger partial charge in [-0.15, -0.1) is 0 Å². The number of methoxy groups -OCH3 is 2. The van der Waals surface area contributed by atoms with Crippen LogP contribution >= 0.6 is 12.2 Å². The molecule has 3 aromatic carbocycles. The van der Waals surface area contributed by atoms with Gasteiger partial charge in [0.15, 0.2) is 16.6 Å². The monoisotopic (exact) mass is 560 g/mol. The highest BCUT2D eigenvalue weighted by Crippen LogP contribution is 2.50. The van der Waals surface area contributed by atoms with Gasteiger partial charge in [0.25, 0.3) is 5.69 Å². The first kappa shape index (κ1) is 27.9. The van der Waals surface area contributed by atoms with Gasteiger partial charge >= 0.3 is 0 Å². The number of non-ortho nitro benzene ring substituents is 1. The number of nitro benzene ring substituents is 1. The Hall–Kier alpha value is -3.69. The summed E-state index contributed by atoms with van der Waals surface area (Å²) in [4.78, 5) is 13.3. The average molecular weight is 561 g/mol. The van der Waals surface area contributed by atoms with Crippen molar-refractivity contribution in [1.29, 1.82) is 0 Å². The van der Waals surface area contributed by atoms with E-state index < -0.39 is 0 Å². The van der Waals surface area contributed by atoms with Crippen molar-refractivity contribution in [2.45, 2.75) is 56.3 Å². The Balaban J connectivity index is 1.36. The van der Waals surface area contributed by atoms with Crippen LogP contribution in [0.15, 0.2) is 72.8 Å². The summed E-state index contributed by atoms with van der Waals surface area (Å²) in [6.07, 6.45) is 3.99.